The van der Waals surface area contributed by atoms with Crippen molar-refractivity contribution in [2.45, 2.75) is 58.0 Å². The number of carbonyl (C=O) groups is 1. The predicted molar refractivity (Wildman–Crippen MR) is 78.3 cm³/mol. The molecule has 106 valence electrons. The highest BCUT2D eigenvalue weighted by molar-refractivity contribution is 5.78. The fraction of sp³-hybridized carbons (Fsp3) is 0.562. The molecule has 1 rings (SSSR count). The second kappa shape index (κ2) is 7.29. The molecular weight excluding hydrogens is 238 g/mol. The van der Waals surface area contributed by atoms with Gasteiger partial charge in [0, 0.05) is 6.04 Å². The van der Waals surface area contributed by atoms with Crippen LogP contribution in [0.4, 0.5) is 0 Å². The van der Waals surface area contributed by atoms with E-state index < -0.39 is 11.5 Å². The first-order valence-electron chi connectivity index (χ1n) is 7.06. The molecule has 2 N–H and O–H groups in total. The largest absolute Gasteiger partial charge is 0.480 e. The van der Waals surface area contributed by atoms with E-state index in [0.717, 1.165) is 19.3 Å². The lowest BCUT2D eigenvalue weighted by atomic mass is 9.93. The van der Waals surface area contributed by atoms with Crippen LogP contribution in [0.5, 0.6) is 0 Å². The van der Waals surface area contributed by atoms with E-state index in [9.17, 15) is 9.90 Å². The number of nitrogens with one attached hydrogen (secondary N) is 1. The molecule has 2 atom stereocenters. The van der Waals surface area contributed by atoms with Crippen molar-refractivity contribution in [3.8, 4) is 0 Å². The molecule has 1 aromatic carbocycles. The Labute approximate surface area is 116 Å². The van der Waals surface area contributed by atoms with E-state index in [1.165, 1.54) is 5.56 Å². The monoisotopic (exact) mass is 263 g/mol. The lowest BCUT2D eigenvalue weighted by Gasteiger charge is -2.31. The van der Waals surface area contributed by atoms with E-state index in [2.05, 4.69) is 24.4 Å². The highest BCUT2D eigenvalue weighted by Gasteiger charge is 2.33. The average Bonchev–Trinajstić information content (AvgIpc) is 2.39. The third-order valence-corrected chi connectivity index (χ3v) is 3.56. The Balaban J connectivity index is 2.72. The van der Waals surface area contributed by atoms with Crippen LogP contribution in [0.1, 0.15) is 45.6 Å². The van der Waals surface area contributed by atoms with Crippen LogP contribution >= 0.6 is 0 Å². The Bertz CT molecular complexity index is 391. The quantitative estimate of drug-likeness (QED) is 0.757. The topological polar surface area (TPSA) is 49.3 Å². The third kappa shape index (κ3) is 4.67. The van der Waals surface area contributed by atoms with Gasteiger partial charge in [-0.3, -0.25) is 10.1 Å². The van der Waals surface area contributed by atoms with E-state index in [1.54, 1.807) is 6.92 Å². The Morgan fingerprint density at radius 2 is 1.95 bits per heavy atom. The first-order valence-corrected chi connectivity index (χ1v) is 7.06. The summed E-state index contributed by atoms with van der Waals surface area (Å²) >= 11 is 0. The van der Waals surface area contributed by atoms with Crippen molar-refractivity contribution in [2.24, 2.45) is 0 Å². The summed E-state index contributed by atoms with van der Waals surface area (Å²) < 4.78 is 0. The Kier molecular flexibility index (Phi) is 6.03. The van der Waals surface area contributed by atoms with Crippen LogP contribution in [0.2, 0.25) is 0 Å². The minimum atomic E-state index is -0.829. The molecule has 0 heterocycles. The first kappa shape index (κ1) is 15.7. The maximum atomic E-state index is 11.5. The van der Waals surface area contributed by atoms with Gasteiger partial charge in [-0.25, -0.2) is 0 Å². The van der Waals surface area contributed by atoms with Gasteiger partial charge in [-0.15, -0.1) is 0 Å². The van der Waals surface area contributed by atoms with Crippen LogP contribution < -0.4 is 5.32 Å². The number of carboxylic acid groups (broad SMARTS) is 1. The Hall–Kier alpha value is -1.35. The summed E-state index contributed by atoms with van der Waals surface area (Å²) in [6.07, 6.45) is 3.29. The molecule has 0 aliphatic rings. The SMILES string of the molecule is CCCC(C)(NC(CC)Cc1ccccc1)C(=O)O. The van der Waals surface area contributed by atoms with Crippen molar-refractivity contribution in [3.63, 3.8) is 0 Å². The van der Waals surface area contributed by atoms with Crippen LogP contribution in [0.25, 0.3) is 0 Å². The van der Waals surface area contributed by atoms with E-state index in [-0.39, 0.29) is 6.04 Å². The normalized spacial score (nSPS) is 15.7. The summed E-state index contributed by atoms with van der Waals surface area (Å²) in [5.74, 6) is -0.763. The van der Waals surface area contributed by atoms with Gasteiger partial charge < -0.3 is 5.11 Å². The number of rotatable bonds is 8. The van der Waals surface area contributed by atoms with Gasteiger partial charge in [0.25, 0.3) is 0 Å². The molecule has 0 fully saturated rings. The second-order valence-corrected chi connectivity index (χ2v) is 5.33. The molecule has 0 aliphatic carbocycles. The zero-order valence-electron chi connectivity index (χ0n) is 12.1. The lowest BCUT2D eigenvalue weighted by Crippen LogP contribution is -2.54. The number of aliphatic carboxylic acids is 1. The predicted octanol–water partition coefficient (Wildman–Crippen LogP) is 3.24. The molecule has 0 radical (unpaired) electrons. The van der Waals surface area contributed by atoms with Crippen LogP contribution in [0.15, 0.2) is 30.3 Å². The van der Waals surface area contributed by atoms with Gasteiger partial charge in [-0.2, -0.15) is 0 Å². The molecule has 0 saturated heterocycles. The highest BCUT2D eigenvalue weighted by Crippen LogP contribution is 2.16. The van der Waals surface area contributed by atoms with Gasteiger partial charge in [-0.05, 0) is 31.7 Å². The van der Waals surface area contributed by atoms with Gasteiger partial charge in [0.15, 0.2) is 0 Å². The fourth-order valence-corrected chi connectivity index (χ4v) is 2.39. The molecule has 0 bridgehead atoms. The second-order valence-electron chi connectivity index (χ2n) is 5.33. The summed E-state index contributed by atoms with van der Waals surface area (Å²) in [6.45, 7) is 5.89. The summed E-state index contributed by atoms with van der Waals surface area (Å²) in [7, 11) is 0. The molecule has 0 aliphatic heterocycles. The van der Waals surface area contributed by atoms with Gasteiger partial charge >= 0.3 is 5.97 Å². The average molecular weight is 263 g/mol. The van der Waals surface area contributed by atoms with Crippen molar-refractivity contribution in [1.82, 2.24) is 5.32 Å². The summed E-state index contributed by atoms with van der Waals surface area (Å²) in [5.41, 5.74) is 0.413. The van der Waals surface area contributed by atoms with Crippen molar-refractivity contribution < 1.29 is 9.90 Å². The number of hydrogen-bond donors (Lipinski definition) is 2. The first-order chi connectivity index (χ1) is 9.01. The minimum Gasteiger partial charge on any atom is -0.480 e. The van der Waals surface area contributed by atoms with E-state index in [0.29, 0.717) is 6.42 Å². The molecule has 0 saturated carbocycles. The molecule has 0 aromatic heterocycles. The zero-order chi connectivity index (χ0) is 14.3. The number of carboxylic acids is 1. The van der Waals surface area contributed by atoms with Gasteiger partial charge in [0.2, 0.25) is 0 Å². The van der Waals surface area contributed by atoms with Gasteiger partial charge in [0.05, 0.1) is 0 Å². The number of hydrogen-bond acceptors (Lipinski definition) is 2. The Morgan fingerprint density at radius 1 is 1.32 bits per heavy atom. The van der Waals surface area contributed by atoms with Crippen molar-refractivity contribution in [1.29, 1.82) is 0 Å². The van der Waals surface area contributed by atoms with Crippen LogP contribution in [0, 0.1) is 0 Å². The van der Waals surface area contributed by atoms with Crippen molar-refractivity contribution in [3.05, 3.63) is 35.9 Å². The zero-order valence-corrected chi connectivity index (χ0v) is 12.1. The van der Waals surface area contributed by atoms with Crippen LogP contribution in [-0.2, 0) is 11.2 Å². The molecule has 3 heteroatoms. The van der Waals surface area contributed by atoms with Crippen LogP contribution in [0.3, 0.4) is 0 Å². The summed E-state index contributed by atoms with van der Waals surface area (Å²) in [4.78, 5) is 11.5. The molecule has 0 spiro atoms. The van der Waals surface area contributed by atoms with E-state index >= 15 is 0 Å². The minimum absolute atomic E-state index is 0.190. The van der Waals surface area contributed by atoms with Gasteiger partial charge in [0.1, 0.15) is 5.54 Å². The van der Waals surface area contributed by atoms with E-state index in [4.69, 9.17) is 0 Å². The molecular formula is C16H25NO2. The van der Waals surface area contributed by atoms with Crippen molar-refractivity contribution >= 4 is 5.97 Å². The van der Waals surface area contributed by atoms with Crippen molar-refractivity contribution in [2.75, 3.05) is 0 Å². The lowest BCUT2D eigenvalue weighted by molar-refractivity contribution is -0.144. The summed E-state index contributed by atoms with van der Waals surface area (Å²) in [5, 5.41) is 12.7. The smallest absolute Gasteiger partial charge is 0.323 e. The Morgan fingerprint density at radius 3 is 2.42 bits per heavy atom. The third-order valence-electron chi connectivity index (χ3n) is 3.56. The maximum Gasteiger partial charge on any atom is 0.323 e. The highest BCUT2D eigenvalue weighted by atomic mass is 16.4. The van der Waals surface area contributed by atoms with Crippen LogP contribution in [-0.4, -0.2) is 22.7 Å². The molecule has 3 nitrogen and oxygen atoms in total. The fourth-order valence-electron chi connectivity index (χ4n) is 2.39. The molecule has 0 amide bonds. The molecule has 19 heavy (non-hydrogen) atoms. The summed E-state index contributed by atoms with van der Waals surface area (Å²) in [6, 6.07) is 10.4. The molecule has 1 aromatic rings. The van der Waals surface area contributed by atoms with E-state index in [1.807, 2.05) is 25.1 Å². The van der Waals surface area contributed by atoms with Gasteiger partial charge in [-0.1, -0.05) is 50.6 Å². The number of benzene rings is 1. The molecule has 2 unspecified atom stereocenters. The standard InChI is InChI=1S/C16H25NO2/c1-4-11-16(3,15(18)19)17-14(5-2)12-13-9-7-6-8-10-13/h6-10,14,17H,4-5,11-12H2,1-3H3,(H,18,19). The maximum absolute atomic E-state index is 11.5.